The molecular weight excluding hydrogens is 613 g/mol. The molecule has 0 bridgehead atoms. The Hall–Kier alpha value is -2.45. The van der Waals surface area contributed by atoms with Crippen LogP contribution in [0.2, 0.25) is 0 Å². The summed E-state index contributed by atoms with van der Waals surface area (Å²) in [6.07, 6.45) is -0.102. The molecule has 0 heterocycles. The second kappa shape index (κ2) is 11.1. The molecule has 188 valence electrons. The van der Waals surface area contributed by atoms with Gasteiger partial charge in [-0.3, -0.25) is 9.44 Å². The van der Waals surface area contributed by atoms with Crippen molar-refractivity contribution in [3.63, 3.8) is 0 Å². The third-order valence-corrected chi connectivity index (χ3v) is 8.15. The Labute approximate surface area is 217 Å². The van der Waals surface area contributed by atoms with E-state index in [1.165, 1.54) is 44.2 Å². The molecule has 12 heteroatoms. The number of ether oxygens (including phenoxy) is 1. The van der Waals surface area contributed by atoms with Crippen molar-refractivity contribution in [2.24, 2.45) is 0 Å². The SMILES string of the molecule is CCS(=O)(=O)Nc1cccc(Oc2cc(F)cc(Cc3ccc(I)cc3F)c2NS(=O)(=O)CC)c1. The van der Waals surface area contributed by atoms with Crippen LogP contribution in [0.15, 0.2) is 54.6 Å². The quantitative estimate of drug-likeness (QED) is 0.288. The largest absolute Gasteiger partial charge is 0.455 e. The zero-order chi connectivity index (χ0) is 25.8. The van der Waals surface area contributed by atoms with Gasteiger partial charge in [0.25, 0.3) is 0 Å². The minimum absolute atomic E-state index is 0.0364. The molecule has 0 unspecified atom stereocenters. The summed E-state index contributed by atoms with van der Waals surface area (Å²) in [6.45, 7) is 2.92. The van der Waals surface area contributed by atoms with E-state index in [4.69, 9.17) is 4.74 Å². The number of halogens is 3. The fourth-order valence-corrected chi connectivity index (χ4v) is 4.84. The minimum Gasteiger partial charge on any atom is -0.455 e. The number of anilines is 2. The van der Waals surface area contributed by atoms with Gasteiger partial charge in [-0.2, -0.15) is 0 Å². The zero-order valence-electron chi connectivity index (χ0n) is 18.8. The topological polar surface area (TPSA) is 102 Å². The van der Waals surface area contributed by atoms with Gasteiger partial charge < -0.3 is 4.74 Å². The van der Waals surface area contributed by atoms with Crippen molar-refractivity contribution in [2.45, 2.75) is 20.3 Å². The second-order valence-electron chi connectivity index (χ2n) is 7.49. The smallest absolute Gasteiger partial charge is 0.232 e. The summed E-state index contributed by atoms with van der Waals surface area (Å²) < 4.78 is 89.0. The number of sulfonamides is 2. The van der Waals surface area contributed by atoms with Crippen LogP contribution in [0.4, 0.5) is 20.2 Å². The van der Waals surface area contributed by atoms with Crippen LogP contribution >= 0.6 is 22.6 Å². The van der Waals surface area contributed by atoms with Gasteiger partial charge in [-0.15, -0.1) is 0 Å². The molecule has 0 aliphatic rings. The molecule has 0 amide bonds. The van der Waals surface area contributed by atoms with Gasteiger partial charge >= 0.3 is 0 Å². The Morgan fingerprint density at radius 3 is 2.20 bits per heavy atom. The van der Waals surface area contributed by atoms with Crippen molar-refractivity contribution in [3.05, 3.63) is 80.9 Å². The van der Waals surface area contributed by atoms with E-state index in [1.807, 2.05) is 22.6 Å². The Kier molecular flexibility index (Phi) is 8.59. The lowest BCUT2D eigenvalue weighted by Crippen LogP contribution is -2.17. The molecule has 3 aromatic carbocycles. The fraction of sp³-hybridized carbons (Fsp3) is 0.217. The normalized spacial score (nSPS) is 11.8. The average Bonchev–Trinajstić information content (AvgIpc) is 2.78. The van der Waals surface area contributed by atoms with Crippen LogP contribution in [0.25, 0.3) is 0 Å². The lowest BCUT2D eigenvalue weighted by atomic mass is 10.0. The molecule has 7 nitrogen and oxygen atoms in total. The number of benzene rings is 3. The molecule has 0 fully saturated rings. The Morgan fingerprint density at radius 1 is 0.857 bits per heavy atom. The first kappa shape index (κ1) is 27.1. The monoisotopic (exact) mass is 636 g/mol. The van der Waals surface area contributed by atoms with Crippen molar-refractivity contribution >= 4 is 54.0 Å². The summed E-state index contributed by atoms with van der Waals surface area (Å²) in [5.41, 5.74) is 0.596. The molecular formula is C23H23F2IN2O5S2. The summed E-state index contributed by atoms with van der Waals surface area (Å²) in [5, 5.41) is 0. The summed E-state index contributed by atoms with van der Waals surface area (Å²) >= 11 is 1.96. The van der Waals surface area contributed by atoms with Crippen LogP contribution < -0.4 is 14.2 Å². The Morgan fingerprint density at radius 2 is 1.54 bits per heavy atom. The number of nitrogens with one attached hydrogen (secondary N) is 2. The lowest BCUT2D eigenvalue weighted by Gasteiger charge is -2.18. The molecule has 0 saturated carbocycles. The van der Waals surface area contributed by atoms with Gasteiger partial charge in [0.1, 0.15) is 17.4 Å². The van der Waals surface area contributed by atoms with E-state index in [-0.39, 0.29) is 51.9 Å². The van der Waals surface area contributed by atoms with Gasteiger partial charge in [0.2, 0.25) is 20.0 Å². The third-order valence-electron chi connectivity index (χ3n) is 4.90. The van der Waals surface area contributed by atoms with Gasteiger partial charge in [0, 0.05) is 22.1 Å². The van der Waals surface area contributed by atoms with Gasteiger partial charge in [-0.25, -0.2) is 25.6 Å². The second-order valence-corrected chi connectivity index (χ2v) is 12.8. The first-order valence-corrected chi connectivity index (χ1v) is 14.8. The maximum Gasteiger partial charge on any atom is 0.232 e. The number of hydrogen-bond donors (Lipinski definition) is 2. The summed E-state index contributed by atoms with van der Waals surface area (Å²) in [6, 6.07) is 12.6. The van der Waals surface area contributed by atoms with Gasteiger partial charge in [-0.05, 0) is 77.9 Å². The Bertz CT molecular complexity index is 1450. The van der Waals surface area contributed by atoms with Crippen LogP contribution in [-0.4, -0.2) is 28.3 Å². The average molecular weight is 636 g/mol. The van der Waals surface area contributed by atoms with E-state index >= 15 is 0 Å². The molecule has 0 radical (unpaired) electrons. The van der Waals surface area contributed by atoms with E-state index in [0.717, 1.165) is 12.1 Å². The molecule has 0 aromatic heterocycles. The highest BCUT2D eigenvalue weighted by Gasteiger charge is 2.20. The lowest BCUT2D eigenvalue weighted by molar-refractivity contribution is 0.478. The first-order valence-electron chi connectivity index (χ1n) is 10.5. The maximum absolute atomic E-state index is 14.6. The van der Waals surface area contributed by atoms with Crippen molar-refractivity contribution in [3.8, 4) is 11.5 Å². The van der Waals surface area contributed by atoms with Gasteiger partial charge in [0.05, 0.1) is 22.9 Å². The highest BCUT2D eigenvalue weighted by atomic mass is 127. The standard InChI is InChI=1S/C23H23F2IN2O5S2/c1-3-34(29,30)27-19-6-5-7-20(14-19)33-22-12-17(24)11-16(23(22)28-35(31,32)4-2)10-15-8-9-18(26)13-21(15)25/h5-9,11-14,27-28H,3-4,10H2,1-2H3. The Balaban J connectivity index is 2.07. The summed E-state index contributed by atoms with van der Waals surface area (Å²) in [5.74, 6) is -1.64. The molecule has 3 aromatic rings. The molecule has 0 aliphatic heterocycles. The van der Waals surface area contributed by atoms with E-state index < -0.39 is 31.7 Å². The van der Waals surface area contributed by atoms with Crippen LogP contribution in [0.1, 0.15) is 25.0 Å². The molecule has 3 rings (SSSR count). The highest BCUT2D eigenvalue weighted by Crippen LogP contribution is 2.37. The van der Waals surface area contributed by atoms with E-state index in [2.05, 4.69) is 9.44 Å². The van der Waals surface area contributed by atoms with Crippen LogP contribution in [0.5, 0.6) is 11.5 Å². The minimum atomic E-state index is -3.81. The van der Waals surface area contributed by atoms with E-state index in [0.29, 0.717) is 3.57 Å². The molecule has 0 aliphatic carbocycles. The molecule has 2 N–H and O–H groups in total. The van der Waals surface area contributed by atoms with Crippen LogP contribution in [-0.2, 0) is 26.5 Å². The molecule has 0 atom stereocenters. The fourth-order valence-electron chi connectivity index (χ4n) is 3.07. The van der Waals surface area contributed by atoms with Crippen molar-refractivity contribution < 1.29 is 30.4 Å². The van der Waals surface area contributed by atoms with E-state index in [9.17, 15) is 25.6 Å². The molecule has 0 spiro atoms. The number of rotatable bonds is 10. The summed E-state index contributed by atoms with van der Waals surface area (Å²) in [7, 11) is -7.35. The maximum atomic E-state index is 14.6. The van der Waals surface area contributed by atoms with Gasteiger partial charge in [-0.1, -0.05) is 12.1 Å². The van der Waals surface area contributed by atoms with Gasteiger partial charge in [0.15, 0.2) is 5.75 Å². The van der Waals surface area contributed by atoms with Crippen molar-refractivity contribution in [2.75, 3.05) is 20.9 Å². The van der Waals surface area contributed by atoms with Crippen LogP contribution in [0.3, 0.4) is 0 Å². The summed E-state index contributed by atoms with van der Waals surface area (Å²) in [4.78, 5) is 0. The van der Waals surface area contributed by atoms with Crippen molar-refractivity contribution in [1.82, 2.24) is 0 Å². The first-order chi connectivity index (χ1) is 16.4. The van der Waals surface area contributed by atoms with Crippen molar-refractivity contribution in [1.29, 1.82) is 0 Å². The van der Waals surface area contributed by atoms with E-state index in [1.54, 1.807) is 12.1 Å². The molecule has 35 heavy (non-hydrogen) atoms. The third kappa shape index (κ3) is 7.51. The predicted octanol–water partition coefficient (Wildman–Crippen LogP) is 5.48. The number of hydrogen-bond acceptors (Lipinski definition) is 5. The highest BCUT2D eigenvalue weighted by molar-refractivity contribution is 14.1. The predicted molar refractivity (Wildman–Crippen MR) is 141 cm³/mol. The van der Waals surface area contributed by atoms with Crippen LogP contribution in [0, 0.1) is 15.2 Å². The zero-order valence-corrected chi connectivity index (χ0v) is 22.6. The molecule has 0 saturated heterocycles.